The van der Waals surface area contributed by atoms with E-state index in [4.69, 9.17) is 8.94 Å². The number of halogens is 4. The van der Waals surface area contributed by atoms with Gasteiger partial charge in [-0.1, -0.05) is 29.4 Å². The summed E-state index contributed by atoms with van der Waals surface area (Å²) in [6.07, 6.45) is -5.60. The zero-order valence-corrected chi connectivity index (χ0v) is 17.7. The van der Waals surface area contributed by atoms with Gasteiger partial charge in [-0.05, 0) is 35.4 Å². The normalized spacial score (nSPS) is 11.4. The van der Waals surface area contributed by atoms with Gasteiger partial charge in [0.25, 0.3) is 17.7 Å². The van der Waals surface area contributed by atoms with E-state index in [1.165, 1.54) is 7.05 Å². The lowest BCUT2D eigenvalue weighted by molar-refractivity contribution is -0.141. The maximum atomic E-state index is 12.7. The Bertz CT molecular complexity index is 1270. The van der Waals surface area contributed by atoms with Crippen LogP contribution < -0.4 is 0 Å². The molecular formula is C22H17F4N5O3. The molecule has 0 radical (unpaired) electrons. The van der Waals surface area contributed by atoms with Crippen LogP contribution in [-0.2, 0) is 17.8 Å². The van der Waals surface area contributed by atoms with Gasteiger partial charge in [0.2, 0.25) is 5.89 Å². The first-order chi connectivity index (χ1) is 16.3. The van der Waals surface area contributed by atoms with Gasteiger partial charge in [-0.15, -0.1) is 10.2 Å². The first-order valence-corrected chi connectivity index (χ1v) is 9.96. The van der Waals surface area contributed by atoms with E-state index in [1.807, 2.05) is 0 Å². The molecule has 0 saturated carbocycles. The predicted molar refractivity (Wildman–Crippen MR) is 110 cm³/mol. The van der Waals surface area contributed by atoms with Crippen LogP contribution in [0, 0.1) is 0 Å². The summed E-state index contributed by atoms with van der Waals surface area (Å²) in [6.45, 7) is 0.0354. The molecule has 0 aliphatic carbocycles. The van der Waals surface area contributed by atoms with Crippen LogP contribution in [-0.4, -0.2) is 44.6 Å². The van der Waals surface area contributed by atoms with Crippen LogP contribution >= 0.6 is 0 Å². The van der Waals surface area contributed by atoms with Crippen LogP contribution in [0.1, 0.15) is 29.3 Å². The number of amides is 1. The number of hydrogen-bond donors (Lipinski definition) is 0. The van der Waals surface area contributed by atoms with Gasteiger partial charge in [0.15, 0.2) is 5.82 Å². The second kappa shape index (κ2) is 9.81. The van der Waals surface area contributed by atoms with Crippen molar-refractivity contribution in [1.82, 2.24) is 25.2 Å². The number of hydrogen-bond acceptors (Lipinski definition) is 7. The highest BCUT2D eigenvalue weighted by atomic mass is 19.3. The number of rotatable bonds is 8. The molecule has 0 unspecified atom stereocenters. The molecule has 1 amide bonds. The van der Waals surface area contributed by atoms with Gasteiger partial charge in [0, 0.05) is 31.1 Å². The maximum Gasteiger partial charge on any atom is 0.315 e. The van der Waals surface area contributed by atoms with E-state index in [1.54, 1.807) is 48.5 Å². The Morgan fingerprint density at radius 2 is 1.74 bits per heavy atom. The number of aromatic nitrogens is 4. The Kier molecular flexibility index (Phi) is 6.66. The summed E-state index contributed by atoms with van der Waals surface area (Å²) < 4.78 is 60.7. The molecular weight excluding hydrogens is 458 g/mol. The molecule has 0 N–H and O–H groups in total. The van der Waals surface area contributed by atoms with Gasteiger partial charge >= 0.3 is 12.9 Å². The lowest BCUT2D eigenvalue weighted by Gasteiger charge is -2.16. The Morgan fingerprint density at radius 3 is 2.41 bits per heavy atom. The van der Waals surface area contributed by atoms with Crippen LogP contribution in [0.25, 0.3) is 22.9 Å². The molecule has 0 atom stereocenters. The third-order valence-electron chi connectivity index (χ3n) is 4.82. The summed E-state index contributed by atoms with van der Waals surface area (Å²) in [5.74, 6) is -1.37. The molecule has 34 heavy (non-hydrogen) atoms. The zero-order chi connectivity index (χ0) is 24.2. The maximum absolute atomic E-state index is 12.7. The average Bonchev–Trinajstić information content (AvgIpc) is 3.49. The SMILES string of the molecule is CN(Cc1ccc(-c2nc(Cc3cccc(-c4nnc(C(F)F)o4)c3)no2)cc1)C(=O)C(F)F. The molecule has 12 heteroatoms. The molecule has 0 bridgehead atoms. The van der Waals surface area contributed by atoms with Crippen molar-refractivity contribution in [1.29, 1.82) is 0 Å². The molecule has 2 aromatic carbocycles. The fraction of sp³-hybridized carbons (Fsp3) is 0.227. The standard InChI is InChI=1S/C22H17F4N5O3/c1-31(22(32)18(25)26)11-12-5-7-14(8-6-12)19-27-16(30-34-19)10-13-3-2-4-15(9-13)20-28-29-21(33-20)17(23)24/h2-9,17-18H,10-11H2,1H3. The van der Waals surface area contributed by atoms with E-state index in [2.05, 4.69) is 20.3 Å². The van der Waals surface area contributed by atoms with Crippen molar-refractivity contribution < 1.29 is 31.3 Å². The number of alkyl halides is 4. The molecule has 0 saturated heterocycles. The summed E-state index contributed by atoms with van der Waals surface area (Å²) in [5, 5.41) is 10.9. The largest absolute Gasteiger partial charge is 0.415 e. The highest BCUT2D eigenvalue weighted by Gasteiger charge is 2.20. The molecule has 2 heterocycles. The summed E-state index contributed by atoms with van der Waals surface area (Å²) in [4.78, 5) is 16.6. The minimum Gasteiger partial charge on any atom is -0.415 e. The summed E-state index contributed by atoms with van der Waals surface area (Å²) >= 11 is 0. The zero-order valence-electron chi connectivity index (χ0n) is 17.7. The number of carbonyl (C=O) groups excluding carboxylic acids is 1. The van der Waals surface area contributed by atoms with Gasteiger partial charge in [0.1, 0.15) is 0 Å². The molecule has 0 spiro atoms. The molecule has 176 valence electrons. The topological polar surface area (TPSA) is 98.2 Å². The van der Waals surface area contributed by atoms with Crippen molar-refractivity contribution >= 4 is 5.91 Å². The highest BCUT2D eigenvalue weighted by Crippen LogP contribution is 2.25. The van der Waals surface area contributed by atoms with E-state index >= 15 is 0 Å². The minimum atomic E-state index is -3.05. The lowest BCUT2D eigenvalue weighted by Crippen LogP contribution is -2.31. The lowest BCUT2D eigenvalue weighted by atomic mass is 10.1. The Labute approximate surface area is 190 Å². The van der Waals surface area contributed by atoms with Crippen molar-refractivity contribution in [2.75, 3.05) is 7.05 Å². The fourth-order valence-corrected chi connectivity index (χ4v) is 3.15. The third kappa shape index (κ3) is 5.27. The molecule has 0 fully saturated rings. The van der Waals surface area contributed by atoms with Crippen molar-refractivity contribution in [2.45, 2.75) is 25.8 Å². The van der Waals surface area contributed by atoms with Gasteiger partial charge in [-0.3, -0.25) is 4.79 Å². The minimum absolute atomic E-state index is 0.0214. The van der Waals surface area contributed by atoms with E-state index < -0.39 is 24.6 Å². The van der Waals surface area contributed by atoms with E-state index in [0.29, 0.717) is 28.9 Å². The van der Waals surface area contributed by atoms with Crippen LogP contribution in [0.15, 0.2) is 57.5 Å². The first-order valence-electron chi connectivity index (χ1n) is 9.96. The molecule has 0 aliphatic rings. The Hall–Kier alpha value is -4.09. The summed E-state index contributed by atoms with van der Waals surface area (Å²) in [5.41, 5.74) is 2.52. The van der Waals surface area contributed by atoms with E-state index in [9.17, 15) is 22.4 Å². The van der Waals surface area contributed by atoms with Crippen molar-refractivity contribution in [3.8, 4) is 22.9 Å². The monoisotopic (exact) mass is 475 g/mol. The van der Waals surface area contributed by atoms with Crippen LogP contribution in [0.4, 0.5) is 17.6 Å². The first kappa shape index (κ1) is 23.1. The number of benzene rings is 2. The Balaban J connectivity index is 1.43. The van der Waals surface area contributed by atoms with Crippen molar-refractivity contribution in [2.24, 2.45) is 0 Å². The van der Waals surface area contributed by atoms with Crippen LogP contribution in [0.2, 0.25) is 0 Å². The quantitative estimate of drug-likeness (QED) is 0.345. The molecule has 8 nitrogen and oxygen atoms in total. The summed E-state index contributed by atoms with van der Waals surface area (Å²) in [6, 6.07) is 13.6. The van der Waals surface area contributed by atoms with Crippen molar-refractivity contribution in [3.05, 3.63) is 71.4 Å². The predicted octanol–water partition coefficient (Wildman–Crippen LogP) is 4.54. The highest BCUT2D eigenvalue weighted by molar-refractivity contribution is 5.79. The average molecular weight is 475 g/mol. The van der Waals surface area contributed by atoms with Crippen LogP contribution in [0.3, 0.4) is 0 Å². The van der Waals surface area contributed by atoms with Crippen LogP contribution in [0.5, 0.6) is 0 Å². The van der Waals surface area contributed by atoms with Gasteiger partial charge in [0.05, 0.1) is 0 Å². The second-order valence-electron chi connectivity index (χ2n) is 7.33. The van der Waals surface area contributed by atoms with Gasteiger partial charge < -0.3 is 13.8 Å². The summed E-state index contributed by atoms with van der Waals surface area (Å²) in [7, 11) is 1.30. The van der Waals surface area contributed by atoms with Crippen molar-refractivity contribution in [3.63, 3.8) is 0 Å². The molecule has 0 aliphatic heterocycles. The van der Waals surface area contributed by atoms with E-state index in [0.717, 1.165) is 10.5 Å². The number of nitrogens with zero attached hydrogens (tertiary/aromatic N) is 5. The Morgan fingerprint density at radius 1 is 0.971 bits per heavy atom. The third-order valence-corrected chi connectivity index (χ3v) is 4.82. The van der Waals surface area contributed by atoms with E-state index in [-0.39, 0.29) is 18.3 Å². The van der Waals surface area contributed by atoms with Gasteiger partial charge in [-0.25, -0.2) is 0 Å². The number of carbonyl (C=O) groups is 1. The second-order valence-corrected chi connectivity index (χ2v) is 7.33. The smallest absolute Gasteiger partial charge is 0.315 e. The molecule has 4 aromatic rings. The molecule has 2 aromatic heterocycles. The van der Waals surface area contributed by atoms with Gasteiger partial charge in [-0.2, -0.15) is 22.5 Å². The molecule has 4 rings (SSSR count). The fourth-order valence-electron chi connectivity index (χ4n) is 3.15.